The number of para-hydroxylation sites is 7. The van der Waals surface area contributed by atoms with Crippen molar-refractivity contribution in [2.75, 3.05) is 0 Å². The van der Waals surface area contributed by atoms with Gasteiger partial charge >= 0.3 is 0 Å². The molecule has 5 heterocycles. The van der Waals surface area contributed by atoms with E-state index in [1.54, 1.807) is 0 Å². The molecule has 0 unspecified atom stereocenters. The highest BCUT2D eigenvalue weighted by atomic mass is 16.3. The lowest BCUT2D eigenvalue weighted by atomic mass is 9.96. The second-order valence-corrected chi connectivity index (χ2v) is 16.4. The Bertz CT molecular complexity index is 3930. The van der Waals surface area contributed by atoms with Crippen LogP contribution in [0.1, 0.15) is 0 Å². The highest BCUT2D eigenvalue weighted by molar-refractivity contribution is 6.12. The van der Waals surface area contributed by atoms with Gasteiger partial charge in [0.15, 0.2) is 5.82 Å². The van der Waals surface area contributed by atoms with Crippen LogP contribution in [0.2, 0.25) is 0 Å². The van der Waals surface area contributed by atoms with E-state index in [1.165, 1.54) is 10.8 Å². The van der Waals surface area contributed by atoms with E-state index < -0.39 is 0 Å². The molecular weight excluding hydrogens is 785 g/mol. The SMILES string of the molecule is c1cc(-c2ccc3c(c2)oc2ccccc23)c(-c2nc(-n3c4ccccc4c4ccccc43)nc(-n3c4ccccc4c4ccccc43)n2)c(-n2c3ccccc3c3ccccc32)c1. The van der Waals surface area contributed by atoms with Crippen LogP contribution in [-0.4, -0.2) is 28.7 Å². The molecule has 0 N–H and O–H groups in total. The van der Waals surface area contributed by atoms with Crippen LogP contribution in [0.3, 0.4) is 0 Å². The molecule has 0 fully saturated rings. The summed E-state index contributed by atoms with van der Waals surface area (Å²) in [6.07, 6.45) is 0. The largest absolute Gasteiger partial charge is 0.456 e. The first kappa shape index (κ1) is 34.9. The lowest BCUT2D eigenvalue weighted by Crippen LogP contribution is -2.11. The van der Waals surface area contributed by atoms with Crippen molar-refractivity contribution < 1.29 is 4.42 Å². The van der Waals surface area contributed by atoms with Gasteiger partial charge in [-0.25, -0.2) is 0 Å². The van der Waals surface area contributed by atoms with Gasteiger partial charge in [0.1, 0.15) is 11.2 Å². The molecule has 0 aliphatic rings. The Balaban J connectivity index is 1.15. The molecule has 14 rings (SSSR count). The van der Waals surface area contributed by atoms with Gasteiger partial charge in [-0.2, -0.15) is 15.0 Å². The second-order valence-electron chi connectivity index (χ2n) is 16.4. The molecular formula is C57H34N6O. The summed E-state index contributed by atoms with van der Waals surface area (Å²) in [7, 11) is 0. The van der Waals surface area contributed by atoms with Gasteiger partial charge in [-0.05, 0) is 71.8 Å². The molecule has 7 heteroatoms. The predicted octanol–water partition coefficient (Wildman–Crippen LogP) is 14.4. The van der Waals surface area contributed by atoms with Crippen molar-refractivity contribution in [3.63, 3.8) is 0 Å². The van der Waals surface area contributed by atoms with E-state index in [4.69, 9.17) is 19.4 Å². The molecule has 0 aliphatic heterocycles. The van der Waals surface area contributed by atoms with Crippen molar-refractivity contribution in [2.24, 2.45) is 0 Å². The molecule has 0 saturated carbocycles. The van der Waals surface area contributed by atoms with Crippen LogP contribution in [0.4, 0.5) is 0 Å². The molecule has 9 aromatic carbocycles. The molecule has 0 amide bonds. The van der Waals surface area contributed by atoms with Crippen molar-refractivity contribution in [1.82, 2.24) is 28.7 Å². The van der Waals surface area contributed by atoms with E-state index in [0.29, 0.717) is 17.7 Å². The predicted molar refractivity (Wildman–Crippen MR) is 261 cm³/mol. The van der Waals surface area contributed by atoms with Crippen LogP contribution in [-0.2, 0) is 0 Å². The van der Waals surface area contributed by atoms with E-state index in [2.05, 4.69) is 208 Å². The number of furan rings is 1. The third kappa shape index (κ3) is 4.94. The number of hydrogen-bond acceptors (Lipinski definition) is 4. The van der Waals surface area contributed by atoms with Crippen LogP contribution in [0.5, 0.6) is 0 Å². The van der Waals surface area contributed by atoms with Crippen LogP contribution in [0.15, 0.2) is 211 Å². The number of nitrogens with zero attached hydrogens (tertiary/aromatic N) is 6. The third-order valence-corrected chi connectivity index (χ3v) is 12.9. The lowest BCUT2D eigenvalue weighted by Gasteiger charge is -2.19. The Labute approximate surface area is 365 Å². The summed E-state index contributed by atoms with van der Waals surface area (Å²) in [4.78, 5) is 16.7. The summed E-state index contributed by atoms with van der Waals surface area (Å²) < 4.78 is 13.3. The molecule has 0 bridgehead atoms. The molecule has 0 aliphatic carbocycles. The van der Waals surface area contributed by atoms with Crippen molar-refractivity contribution in [3.05, 3.63) is 206 Å². The minimum atomic E-state index is 0.523. The molecule has 0 saturated heterocycles. The molecule has 298 valence electrons. The normalized spacial score (nSPS) is 12.1. The molecule has 0 spiro atoms. The van der Waals surface area contributed by atoms with Crippen molar-refractivity contribution in [2.45, 2.75) is 0 Å². The first-order chi connectivity index (χ1) is 31.8. The van der Waals surface area contributed by atoms with Crippen LogP contribution in [0, 0.1) is 0 Å². The van der Waals surface area contributed by atoms with Gasteiger partial charge in [-0.15, -0.1) is 0 Å². The average Bonchev–Trinajstić information content (AvgIpc) is 4.10. The zero-order valence-corrected chi connectivity index (χ0v) is 34.2. The van der Waals surface area contributed by atoms with E-state index >= 15 is 0 Å². The van der Waals surface area contributed by atoms with E-state index in [9.17, 15) is 0 Å². The zero-order chi connectivity index (χ0) is 41.9. The van der Waals surface area contributed by atoms with Gasteiger partial charge < -0.3 is 8.98 Å². The topological polar surface area (TPSA) is 66.6 Å². The fourth-order valence-corrected chi connectivity index (χ4v) is 10.2. The lowest BCUT2D eigenvalue weighted by molar-refractivity contribution is 0.669. The van der Waals surface area contributed by atoms with Crippen LogP contribution in [0.25, 0.3) is 127 Å². The maximum Gasteiger partial charge on any atom is 0.240 e. The van der Waals surface area contributed by atoms with Gasteiger partial charge in [0.2, 0.25) is 11.9 Å². The Kier molecular flexibility index (Phi) is 7.27. The molecule has 0 atom stereocenters. The van der Waals surface area contributed by atoms with E-state index in [-0.39, 0.29) is 0 Å². The summed E-state index contributed by atoms with van der Waals surface area (Å²) in [5, 5.41) is 9.02. The summed E-state index contributed by atoms with van der Waals surface area (Å²) in [5.41, 5.74) is 11.7. The Morgan fingerprint density at radius 3 is 1.20 bits per heavy atom. The quantitative estimate of drug-likeness (QED) is 0.173. The van der Waals surface area contributed by atoms with Gasteiger partial charge in [0.25, 0.3) is 0 Å². The smallest absolute Gasteiger partial charge is 0.240 e. The summed E-state index contributed by atoms with van der Waals surface area (Å²) in [5.74, 6) is 1.59. The number of aromatic nitrogens is 6. The van der Waals surface area contributed by atoms with Crippen molar-refractivity contribution in [1.29, 1.82) is 0 Å². The Morgan fingerprint density at radius 1 is 0.312 bits per heavy atom. The first-order valence-corrected chi connectivity index (χ1v) is 21.5. The fraction of sp³-hybridized carbons (Fsp3) is 0. The van der Waals surface area contributed by atoms with E-state index in [0.717, 1.165) is 99.0 Å². The molecule has 14 aromatic rings. The van der Waals surface area contributed by atoms with Crippen molar-refractivity contribution >= 4 is 87.4 Å². The molecule has 7 nitrogen and oxygen atoms in total. The number of benzene rings is 9. The number of fused-ring (bicyclic) bond motifs is 12. The van der Waals surface area contributed by atoms with Gasteiger partial charge in [-0.3, -0.25) is 9.13 Å². The Hall–Kier alpha value is -8.81. The fourth-order valence-electron chi connectivity index (χ4n) is 10.2. The van der Waals surface area contributed by atoms with Gasteiger partial charge in [0.05, 0.1) is 44.4 Å². The summed E-state index contributed by atoms with van der Waals surface area (Å²) >= 11 is 0. The molecule has 5 aromatic heterocycles. The Morgan fingerprint density at radius 2 is 0.719 bits per heavy atom. The van der Waals surface area contributed by atoms with Gasteiger partial charge in [0, 0.05) is 43.1 Å². The number of hydrogen-bond donors (Lipinski definition) is 0. The van der Waals surface area contributed by atoms with Crippen LogP contribution >= 0.6 is 0 Å². The highest BCUT2D eigenvalue weighted by Crippen LogP contribution is 2.43. The summed E-state index contributed by atoms with van der Waals surface area (Å²) in [6.45, 7) is 0. The maximum atomic E-state index is 6.52. The monoisotopic (exact) mass is 818 g/mol. The number of rotatable bonds is 5. The van der Waals surface area contributed by atoms with E-state index in [1.807, 2.05) is 12.1 Å². The minimum Gasteiger partial charge on any atom is -0.456 e. The maximum absolute atomic E-state index is 6.52. The molecule has 0 radical (unpaired) electrons. The van der Waals surface area contributed by atoms with Gasteiger partial charge in [-0.1, -0.05) is 146 Å². The highest BCUT2D eigenvalue weighted by Gasteiger charge is 2.25. The first-order valence-electron chi connectivity index (χ1n) is 21.5. The summed E-state index contributed by atoms with van der Waals surface area (Å²) in [6, 6.07) is 72.5. The standard InChI is InChI=1S/C57H34N6O/c1-8-24-45-37(16-1)38-17-2-9-25-46(38)61(45)51-30-15-23-36(35-32-33-44-43-22-7-14-31-52(43)64-53(44)34-35)54(51)55-58-56(62-47-26-10-3-18-39(47)40-19-4-11-27-48(40)62)60-57(59-55)63-49-28-12-5-20-41(49)42-21-6-13-29-50(42)63/h1-34H. The third-order valence-electron chi connectivity index (χ3n) is 12.9. The van der Waals surface area contributed by atoms with Crippen molar-refractivity contribution in [3.8, 4) is 40.1 Å². The minimum absolute atomic E-state index is 0.523. The molecule has 64 heavy (non-hydrogen) atoms. The average molecular weight is 819 g/mol. The zero-order valence-electron chi connectivity index (χ0n) is 34.2. The second kappa shape index (κ2) is 13.3. The van der Waals surface area contributed by atoms with Crippen LogP contribution < -0.4 is 0 Å².